The van der Waals surface area contributed by atoms with Crippen molar-refractivity contribution in [1.82, 2.24) is 4.72 Å². The number of hydrogen-bond donors (Lipinski definition) is 2. The van der Waals surface area contributed by atoms with Crippen LogP contribution in [-0.2, 0) is 21.2 Å². The summed E-state index contributed by atoms with van der Waals surface area (Å²) in [6.45, 7) is 0.972. The molecule has 3 aromatic rings. The SMILES string of the molecule is O=C(CCNS(=O)(=O)c1ccc2c(c1)OCCCO2)Nc1ccccc1Cc1ccccc1. The van der Waals surface area contributed by atoms with E-state index in [4.69, 9.17) is 9.47 Å². The number of amides is 1. The van der Waals surface area contributed by atoms with Crippen LogP contribution in [0.4, 0.5) is 5.69 Å². The van der Waals surface area contributed by atoms with Gasteiger partial charge in [0.1, 0.15) is 0 Å². The number of benzene rings is 3. The van der Waals surface area contributed by atoms with Gasteiger partial charge in [0.25, 0.3) is 0 Å². The van der Waals surface area contributed by atoms with E-state index in [0.717, 1.165) is 23.2 Å². The molecule has 0 spiro atoms. The lowest BCUT2D eigenvalue weighted by molar-refractivity contribution is -0.116. The summed E-state index contributed by atoms with van der Waals surface area (Å²) in [7, 11) is -3.79. The molecule has 1 aliphatic heterocycles. The third kappa shape index (κ3) is 6.12. The zero-order chi connectivity index (χ0) is 23.1. The van der Waals surface area contributed by atoms with E-state index >= 15 is 0 Å². The lowest BCUT2D eigenvalue weighted by Crippen LogP contribution is -2.28. The van der Waals surface area contributed by atoms with Crippen molar-refractivity contribution in [1.29, 1.82) is 0 Å². The number of ether oxygens (including phenoxy) is 2. The van der Waals surface area contributed by atoms with Gasteiger partial charge >= 0.3 is 0 Å². The first kappa shape index (κ1) is 22.8. The number of hydrogen-bond acceptors (Lipinski definition) is 5. The van der Waals surface area contributed by atoms with Crippen molar-refractivity contribution < 1.29 is 22.7 Å². The van der Waals surface area contributed by atoms with Crippen molar-refractivity contribution in [3.8, 4) is 11.5 Å². The van der Waals surface area contributed by atoms with Crippen molar-refractivity contribution in [2.24, 2.45) is 0 Å². The molecule has 1 amide bonds. The average Bonchev–Trinajstić information content (AvgIpc) is 3.06. The van der Waals surface area contributed by atoms with Gasteiger partial charge in [-0.3, -0.25) is 4.79 Å². The van der Waals surface area contributed by atoms with Crippen LogP contribution in [0.1, 0.15) is 24.0 Å². The molecule has 0 fully saturated rings. The fourth-order valence-electron chi connectivity index (χ4n) is 3.52. The Bertz CT molecular complexity index is 1210. The Morgan fingerprint density at radius 2 is 1.61 bits per heavy atom. The van der Waals surface area contributed by atoms with Gasteiger partial charge in [-0.1, -0.05) is 48.5 Å². The molecular weight excluding hydrogens is 440 g/mol. The summed E-state index contributed by atoms with van der Waals surface area (Å²) in [4.78, 5) is 12.6. The number of sulfonamides is 1. The first-order chi connectivity index (χ1) is 16.0. The van der Waals surface area contributed by atoms with E-state index in [1.165, 1.54) is 12.1 Å². The molecule has 0 unspecified atom stereocenters. The fraction of sp³-hybridized carbons (Fsp3) is 0.240. The fourth-order valence-corrected chi connectivity index (χ4v) is 4.56. The molecule has 1 heterocycles. The standard InChI is InChI=1S/C25H26N2O5S/c28-25(27-22-10-5-4-9-20(22)17-19-7-2-1-3-8-19)13-14-26-33(29,30)21-11-12-23-24(18-21)32-16-6-15-31-23/h1-5,7-12,18,26H,6,13-17H2,(H,27,28). The van der Waals surface area contributed by atoms with Crippen LogP contribution in [0.2, 0.25) is 0 Å². The van der Waals surface area contributed by atoms with E-state index < -0.39 is 10.0 Å². The second-order valence-corrected chi connectivity index (χ2v) is 9.44. The van der Waals surface area contributed by atoms with Gasteiger partial charge < -0.3 is 14.8 Å². The minimum absolute atomic E-state index is 0.00343. The molecule has 33 heavy (non-hydrogen) atoms. The quantitative estimate of drug-likeness (QED) is 0.527. The van der Waals surface area contributed by atoms with Crippen molar-refractivity contribution >= 4 is 21.6 Å². The highest BCUT2D eigenvalue weighted by Crippen LogP contribution is 2.31. The van der Waals surface area contributed by atoms with Gasteiger partial charge in [0, 0.05) is 31.1 Å². The van der Waals surface area contributed by atoms with Gasteiger partial charge in [0.05, 0.1) is 18.1 Å². The molecule has 0 atom stereocenters. The van der Waals surface area contributed by atoms with Crippen LogP contribution in [0.25, 0.3) is 0 Å². The molecule has 0 bridgehead atoms. The Morgan fingerprint density at radius 3 is 2.42 bits per heavy atom. The Morgan fingerprint density at radius 1 is 0.879 bits per heavy atom. The first-order valence-corrected chi connectivity index (χ1v) is 12.3. The Hall–Kier alpha value is -3.36. The summed E-state index contributed by atoms with van der Waals surface area (Å²) in [6.07, 6.45) is 1.43. The lowest BCUT2D eigenvalue weighted by atomic mass is 10.0. The van der Waals surface area contributed by atoms with Gasteiger partial charge in [-0.2, -0.15) is 0 Å². The van der Waals surface area contributed by atoms with E-state index in [1.807, 2.05) is 54.6 Å². The van der Waals surface area contributed by atoms with Gasteiger partial charge in [0.2, 0.25) is 15.9 Å². The zero-order valence-electron chi connectivity index (χ0n) is 18.1. The van der Waals surface area contributed by atoms with Crippen LogP contribution in [0, 0.1) is 0 Å². The molecule has 4 rings (SSSR count). The Balaban J connectivity index is 1.34. The number of fused-ring (bicyclic) bond motifs is 1. The number of para-hydroxylation sites is 1. The minimum atomic E-state index is -3.79. The van der Waals surface area contributed by atoms with Crippen LogP contribution < -0.4 is 19.5 Å². The molecule has 8 heteroatoms. The van der Waals surface area contributed by atoms with Crippen molar-refractivity contribution in [2.75, 3.05) is 25.1 Å². The maximum Gasteiger partial charge on any atom is 0.240 e. The summed E-state index contributed by atoms with van der Waals surface area (Å²) in [5, 5.41) is 2.89. The number of carbonyl (C=O) groups excluding carboxylic acids is 1. The van der Waals surface area contributed by atoms with Crippen LogP contribution in [0.15, 0.2) is 77.7 Å². The van der Waals surface area contributed by atoms with E-state index in [0.29, 0.717) is 31.1 Å². The zero-order valence-corrected chi connectivity index (χ0v) is 18.9. The van der Waals surface area contributed by atoms with Crippen molar-refractivity contribution in [2.45, 2.75) is 24.2 Å². The van der Waals surface area contributed by atoms with Crippen LogP contribution >= 0.6 is 0 Å². The lowest BCUT2D eigenvalue weighted by Gasteiger charge is -2.12. The predicted octanol–water partition coefficient (Wildman–Crippen LogP) is 3.75. The second-order valence-electron chi connectivity index (χ2n) is 7.67. The highest BCUT2D eigenvalue weighted by atomic mass is 32.2. The monoisotopic (exact) mass is 466 g/mol. The number of nitrogens with one attached hydrogen (secondary N) is 2. The number of carbonyl (C=O) groups is 1. The second kappa shape index (κ2) is 10.5. The van der Waals surface area contributed by atoms with Crippen molar-refractivity contribution in [3.63, 3.8) is 0 Å². The Labute approximate surface area is 193 Å². The highest BCUT2D eigenvalue weighted by Gasteiger charge is 2.19. The number of rotatable bonds is 8. The van der Waals surface area contributed by atoms with E-state index in [2.05, 4.69) is 10.0 Å². The van der Waals surface area contributed by atoms with E-state index in [-0.39, 0.29) is 23.8 Å². The molecule has 1 aliphatic rings. The summed E-state index contributed by atoms with van der Waals surface area (Å²) in [5.41, 5.74) is 2.85. The van der Waals surface area contributed by atoms with Gasteiger partial charge in [-0.15, -0.1) is 0 Å². The van der Waals surface area contributed by atoms with E-state index in [9.17, 15) is 13.2 Å². The molecule has 0 saturated carbocycles. The molecule has 0 saturated heterocycles. The van der Waals surface area contributed by atoms with Crippen LogP contribution in [0.3, 0.4) is 0 Å². The maximum absolute atomic E-state index is 12.7. The van der Waals surface area contributed by atoms with Crippen LogP contribution in [-0.4, -0.2) is 34.1 Å². The molecule has 0 radical (unpaired) electrons. The average molecular weight is 467 g/mol. The minimum Gasteiger partial charge on any atom is -0.490 e. The van der Waals surface area contributed by atoms with Crippen molar-refractivity contribution in [3.05, 3.63) is 83.9 Å². The summed E-state index contributed by atoms with van der Waals surface area (Å²) >= 11 is 0. The summed E-state index contributed by atoms with van der Waals surface area (Å²) < 4.78 is 38.9. The Kier molecular flexibility index (Phi) is 7.26. The van der Waals surface area contributed by atoms with Gasteiger partial charge in [-0.25, -0.2) is 13.1 Å². The molecule has 3 aromatic carbocycles. The number of anilines is 1. The molecule has 7 nitrogen and oxygen atoms in total. The molecule has 0 aliphatic carbocycles. The predicted molar refractivity (Wildman–Crippen MR) is 126 cm³/mol. The first-order valence-electron chi connectivity index (χ1n) is 10.8. The molecular formula is C25H26N2O5S. The van der Waals surface area contributed by atoms with Crippen LogP contribution in [0.5, 0.6) is 11.5 Å². The topological polar surface area (TPSA) is 93.7 Å². The molecule has 172 valence electrons. The summed E-state index contributed by atoms with van der Waals surface area (Å²) in [5.74, 6) is 0.667. The third-order valence-electron chi connectivity index (χ3n) is 5.20. The molecule has 0 aromatic heterocycles. The third-order valence-corrected chi connectivity index (χ3v) is 6.66. The molecule has 2 N–H and O–H groups in total. The summed E-state index contributed by atoms with van der Waals surface area (Å²) in [6, 6.07) is 22.1. The maximum atomic E-state index is 12.7. The highest BCUT2D eigenvalue weighted by molar-refractivity contribution is 7.89. The smallest absolute Gasteiger partial charge is 0.240 e. The van der Waals surface area contributed by atoms with E-state index in [1.54, 1.807) is 6.07 Å². The van der Waals surface area contributed by atoms with Gasteiger partial charge in [0.15, 0.2) is 11.5 Å². The van der Waals surface area contributed by atoms with Gasteiger partial charge in [-0.05, 0) is 35.7 Å². The largest absolute Gasteiger partial charge is 0.490 e. The normalized spacial score (nSPS) is 13.2.